The molecular formula is C31H38N4O2S. The number of thioether (sulfide) groups is 1. The molecule has 3 aromatic rings. The summed E-state index contributed by atoms with van der Waals surface area (Å²) in [5.74, 6) is 4.61. The van der Waals surface area contributed by atoms with E-state index < -0.39 is 0 Å². The number of rotatable bonds is 10. The van der Waals surface area contributed by atoms with E-state index in [4.69, 9.17) is 4.74 Å². The predicted octanol–water partition coefficient (Wildman–Crippen LogP) is 6.01. The Bertz CT molecular complexity index is 1240. The van der Waals surface area contributed by atoms with Crippen molar-refractivity contribution >= 4 is 17.7 Å². The lowest BCUT2D eigenvalue weighted by Crippen LogP contribution is -2.56. The highest BCUT2D eigenvalue weighted by Crippen LogP contribution is 2.61. The number of carbonyl (C=O) groups excluding carboxylic acids is 1. The summed E-state index contributed by atoms with van der Waals surface area (Å²) in [4.78, 5) is 13.2. The first-order chi connectivity index (χ1) is 18.5. The molecule has 1 atom stereocenters. The fourth-order valence-electron chi connectivity index (χ4n) is 7.79. The van der Waals surface area contributed by atoms with Crippen molar-refractivity contribution in [2.45, 2.75) is 69.6 Å². The molecule has 1 amide bonds. The van der Waals surface area contributed by atoms with Crippen molar-refractivity contribution in [3.63, 3.8) is 0 Å². The molecule has 6 nitrogen and oxygen atoms in total. The fraction of sp³-hybridized carbons (Fsp3) is 0.516. The Balaban J connectivity index is 1.16. The van der Waals surface area contributed by atoms with Crippen molar-refractivity contribution in [1.82, 2.24) is 20.1 Å². The van der Waals surface area contributed by atoms with Crippen LogP contribution in [0.2, 0.25) is 0 Å². The molecule has 1 heterocycles. The molecule has 4 aliphatic carbocycles. The number of methoxy groups -OCH3 is 1. The van der Waals surface area contributed by atoms with Gasteiger partial charge in [-0.3, -0.25) is 4.79 Å². The van der Waals surface area contributed by atoms with Gasteiger partial charge in [0.25, 0.3) is 0 Å². The van der Waals surface area contributed by atoms with Crippen molar-refractivity contribution < 1.29 is 9.53 Å². The van der Waals surface area contributed by atoms with Gasteiger partial charge in [-0.1, -0.05) is 54.2 Å². The SMILES string of the molecule is COc1ccccc1-c1nnc(SCC(=O)NC(C)C23CC4CC(CC(C4)C2)C3)n1CCc1ccccc1. The molecule has 2 aromatic carbocycles. The summed E-state index contributed by atoms with van der Waals surface area (Å²) in [6, 6.07) is 18.6. The van der Waals surface area contributed by atoms with Crippen LogP contribution in [-0.4, -0.2) is 39.6 Å². The Morgan fingerprint density at radius 1 is 1.03 bits per heavy atom. The number of ether oxygens (including phenoxy) is 1. The summed E-state index contributed by atoms with van der Waals surface area (Å²) in [5.41, 5.74) is 2.47. The number of hydrogen-bond acceptors (Lipinski definition) is 5. The second-order valence-electron chi connectivity index (χ2n) is 11.8. The average molecular weight is 531 g/mol. The summed E-state index contributed by atoms with van der Waals surface area (Å²) in [6.45, 7) is 2.97. The Labute approximate surface area is 230 Å². The number of aromatic nitrogens is 3. The third-order valence-corrected chi connectivity index (χ3v) is 10.2. The highest BCUT2D eigenvalue weighted by molar-refractivity contribution is 7.99. The van der Waals surface area contributed by atoms with E-state index in [9.17, 15) is 4.79 Å². The van der Waals surface area contributed by atoms with Crippen LogP contribution in [0.5, 0.6) is 5.75 Å². The van der Waals surface area contributed by atoms with Crippen LogP contribution in [0.25, 0.3) is 11.4 Å². The maximum absolute atomic E-state index is 13.2. The second kappa shape index (κ2) is 10.8. The molecule has 4 fully saturated rings. The predicted molar refractivity (Wildman–Crippen MR) is 151 cm³/mol. The lowest BCUT2D eigenvalue weighted by atomic mass is 9.48. The molecule has 1 N–H and O–H groups in total. The summed E-state index contributed by atoms with van der Waals surface area (Å²) in [7, 11) is 1.68. The number of amides is 1. The second-order valence-corrected chi connectivity index (χ2v) is 12.7. The molecule has 1 aromatic heterocycles. The van der Waals surface area contributed by atoms with Gasteiger partial charge in [0.2, 0.25) is 5.91 Å². The van der Waals surface area contributed by atoms with Gasteiger partial charge in [0.1, 0.15) is 5.75 Å². The molecule has 4 saturated carbocycles. The molecule has 4 aliphatic rings. The maximum Gasteiger partial charge on any atom is 0.230 e. The molecule has 4 bridgehead atoms. The topological polar surface area (TPSA) is 69.0 Å². The largest absolute Gasteiger partial charge is 0.496 e. The minimum absolute atomic E-state index is 0.0923. The van der Waals surface area contributed by atoms with Gasteiger partial charge < -0.3 is 14.6 Å². The van der Waals surface area contributed by atoms with Crippen LogP contribution in [0.4, 0.5) is 0 Å². The van der Waals surface area contributed by atoms with Crippen molar-refractivity contribution in [2.24, 2.45) is 23.2 Å². The quantitative estimate of drug-likeness (QED) is 0.325. The van der Waals surface area contributed by atoms with E-state index in [1.165, 1.54) is 55.9 Å². The van der Waals surface area contributed by atoms with Crippen LogP contribution < -0.4 is 10.1 Å². The molecule has 7 heteroatoms. The summed E-state index contributed by atoms with van der Waals surface area (Å²) in [5, 5.41) is 13.2. The van der Waals surface area contributed by atoms with Gasteiger partial charge in [0, 0.05) is 12.6 Å². The lowest BCUT2D eigenvalue weighted by molar-refractivity contribution is -0.123. The normalized spacial score (nSPS) is 26.3. The highest BCUT2D eigenvalue weighted by atomic mass is 32.2. The van der Waals surface area contributed by atoms with E-state index in [2.05, 4.69) is 51.3 Å². The van der Waals surface area contributed by atoms with E-state index in [0.717, 1.165) is 53.0 Å². The van der Waals surface area contributed by atoms with Gasteiger partial charge in [-0.15, -0.1) is 10.2 Å². The smallest absolute Gasteiger partial charge is 0.230 e. The average Bonchev–Trinajstić information content (AvgIpc) is 3.33. The van der Waals surface area contributed by atoms with Crippen LogP contribution in [0.1, 0.15) is 51.0 Å². The lowest BCUT2D eigenvalue weighted by Gasteiger charge is -2.59. The number of benzene rings is 2. The molecule has 200 valence electrons. The van der Waals surface area contributed by atoms with Gasteiger partial charge in [-0.2, -0.15) is 0 Å². The third kappa shape index (κ3) is 5.09. The molecular weight excluding hydrogens is 492 g/mol. The highest BCUT2D eigenvalue weighted by Gasteiger charge is 2.53. The number of hydrogen-bond donors (Lipinski definition) is 1. The van der Waals surface area contributed by atoms with Gasteiger partial charge in [0.05, 0.1) is 18.4 Å². The number of carbonyl (C=O) groups is 1. The monoisotopic (exact) mass is 530 g/mol. The van der Waals surface area contributed by atoms with Gasteiger partial charge in [-0.25, -0.2) is 0 Å². The number of nitrogens with zero attached hydrogens (tertiary/aromatic N) is 3. The van der Waals surface area contributed by atoms with E-state index in [1.54, 1.807) is 7.11 Å². The zero-order valence-corrected chi connectivity index (χ0v) is 23.3. The van der Waals surface area contributed by atoms with Crippen LogP contribution in [0.3, 0.4) is 0 Å². The standard InChI is InChI=1S/C31H38N4O2S/c1-21(31-17-23-14-24(18-31)16-25(15-23)19-31)32-28(36)20-38-30-34-33-29(26-10-6-7-11-27(26)37-2)35(30)13-12-22-8-4-3-5-9-22/h3-11,21,23-25H,12-20H2,1-2H3,(H,32,36). The van der Waals surface area contributed by atoms with Crippen molar-refractivity contribution in [3.8, 4) is 17.1 Å². The van der Waals surface area contributed by atoms with E-state index in [-0.39, 0.29) is 11.9 Å². The summed E-state index contributed by atoms with van der Waals surface area (Å²) >= 11 is 1.47. The number of para-hydroxylation sites is 1. The minimum Gasteiger partial charge on any atom is -0.496 e. The maximum atomic E-state index is 13.2. The van der Waals surface area contributed by atoms with E-state index >= 15 is 0 Å². The van der Waals surface area contributed by atoms with Crippen LogP contribution >= 0.6 is 11.8 Å². The van der Waals surface area contributed by atoms with E-state index in [1.807, 2.05) is 30.3 Å². The molecule has 0 aliphatic heterocycles. The first kappa shape index (κ1) is 25.5. The van der Waals surface area contributed by atoms with Gasteiger partial charge >= 0.3 is 0 Å². The summed E-state index contributed by atoms with van der Waals surface area (Å²) in [6.07, 6.45) is 9.00. The zero-order chi connectivity index (χ0) is 26.1. The fourth-order valence-corrected chi connectivity index (χ4v) is 8.56. The number of nitrogens with one attached hydrogen (secondary N) is 1. The van der Waals surface area contributed by atoms with Crippen molar-refractivity contribution in [1.29, 1.82) is 0 Å². The summed E-state index contributed by atoms with van der Waals surface area (Å²) < 4.78 is 7.75. The molecule has 0 spiro atoms. The Kier molecular flexibility index (Phi) is 7.21. The molecule has 1 unspecified atom stereocenters. The molecule has 7 rings (SSSR count). The molecule has 0 radical (unpaired) electrons. The zero-order valence-electron chi connectivity index (χ0n) is 22.4. The Hall–Kier alpha value is -2.80. The molecule has 0 saturated heterocycles. The Morgan fingerprint density at radius 3 is 2.37 bits per heavy atom. The third-order valence-electron chi connectivity index (χ3n) is 9.25. The van der Waals surface area contributed by atoms with Crippen molar-refractivity contribution in [3.05, 3.63) is 60.2 Å². The van der Waals surface area contributed by atoms with E-state index in [0.29, 0.717) is 11.2 Å². The Morgan fingerprint density at radius 2 is 1.68 bits per heavy atom. The number of aryl methyl sites for hydroxylation is 1. The van der Waals surface area contributed by atoms with Crippen LogP contribution in [0.15, 0.2) is 59.8 Å². The van der Waals surface area contributed by atoms with Crippen molar-refractivity contribution in [2.75, 3.05) is 12.9 Å². The first-order valence-electron chi connectivity index (χ1n) is 14.1. The van der Waals surface area contributed by atoms with Crippen LogP contribution in [-0.2, 0) is 17.8 Å². The van der Waals surface area contributed by atoms with Gasteiger partial charge in [0.15, 0.2) is 11.0 Å². The molecule has 38 heavy (non-hydrogen) atoms. The van der Waals surface area contributed by atoms with Crippen LogP contribution in [0, 0.1) is 23.2 Å². The van der Waals surface area contributed by atoms with Gasteiger partial charge in [-0.05, 0) is 92.7 Å². The first-order valence-corrected chi connectivity index (χ1v) is 15.0. The minimum atomic E-state index is 0.0923.